The SMILES string of the molecule is COc1cc(NC(=O)C/C(C)=N/NC(=O)c2ccc(F)cc2)c(OC)cc1Cl. The van der Waals surface area contributed by atoms with E-state index in [0.717, 1.165) is 0 Å². The molecule has 9 heteroatoms. The van der Waals surface area contributed by atoms with Gasteiger partial charge in [-0.05, 0) is 31.2 Å². The molecule has 7 nitrogen and oxygen atoms in total. The Hall–Kier alpha value is -3.13. The van der Waals surface area contributed by atoms with Gasteiger partial charge in [0.25, 0.3) is 5.91 Å². The van der Waals surface area contributed by atoms with Gasteiger partial charge in [-0.1, -0.05) is 11.6 Å². The van der Waals surface area contributed by atoms with Gasteiger partial charge < -0.3 is 14.8 Å². The summed E-state index contributed by atoms with van der Waals surface area (Å²) in [5.41, 5.74) is 3.32. The zero-order valence-electron chi connectivity index (χ0n) is 15.5. The molecule has 0 heterocycles. The molecule has 2 amide bonds. The van der Waals surface area contributed by atoms with E-state index in [-0.39, 0.29) is 17.9 Å². The normalized spacial score (nSPS) is 11.0. The number of hydrogen-bond acceptors (Lipinski definition) is 5. The number of halogens is 2. The van der Waals surface area contributed by atoms with Gasteiger partial charge in [0.05, 0.1) is 31.4 Å². The summed E-state index contributed by atoms with van der Waals surface area (Å²) < 4.78 is 23.2. The lowest BCUT2D eigenvalue weighted by atomic mass is 10.2. The number of ether oxygens (including phenoxy) is 2. The van der Waals surface area contributed by atoms with Crippen molar-refractivity contribution in [2.45, 2.75) is 13.3 Å². The quantitative estimate of drug-likeness (QED) is 0.541. The molecule has 0 bridgehead atoms. The molecule has 0 unspecified atom stereocenters. The van der Waals surface area contributed by atoms with Crippen molar-refractivity contribution in [1.82, 2.24) is 5.43 Å². The van der Waals surface area contributed by atoms with Gasteiger partial charge in [-0.2, -0.15) is 5.10 Å². The van der Waals surface area contributed by atoms with Gasteiger partial charge >= 0.3 is 0 Å². The molecule has 0 saturated carbocycles. The topological polar surface area (TPSA) is 89.0 Å². The molecular formula is C19H19ClFN3O4. The molecule has 2 aromatic rings. The molecule has 148 valence electrons. The summed E-state index contributed by atoms with van der Waals surface area (Å²) in [5.74, 6) is -0.570. The van der Waals surface area contributed by atoms with Crippen molar-refractivity contribution in [2.75, 3.05) is 19.5 Å². The fourth-order valence-electron chi connectivity index (χ4n) is 2.24. The third-order valence-corrected chi connectivity index (χ3v) is 3.91. The predicted octanol–water partition coefficient (Wildman–Crippen LogP) is 3.63. The molecule has 0 spiro atoms. The molecule has 0 radical (unpaired) electrons. The summed E-state index contributed by atoms with van der Waals surface area (Å²) in [7, 11) is 2.91. The Bertz CT molecular complexity index is 901. The first kappa shape index (κ1) is 21.2. The van der Waals surface area contributed by atoms with E-state index >= 15 is 0 Å². The van der Waals surface area contributed by atoms with E-state index in [4.69, 9.17) is 21.1 Å². The van der Waals surface area contributed by atoms with Crippen molar-refractivity contribution >= 4 is 34.8 Å². The summed E-state index contributed by atoms with van der Waals surface area (Å²) in [6.07, 6.45) is -0.0716. The molecule has 0 aliphatic carbocycles. The Morgan fingerprint density at radius 3 is 2.36 bits per heavy atom. The number of anilines is 1. The van der Waals surface area contributed by atoms with Crippen LogP contribution in [-0.2, 0) is 4.79 Å². The number of benzene rings is 2. The maximum absolute atomic E-state index is 12.9. The fraction of sp³-hybridized carbons (Fsp3) is 0.211. The fourth-order valence-corrected chi connectivity index (χ4v) is 2.47. The number of hydrazone groups is 1. The number of nitrogens with one attached hydrogen (secondary N) is 2. The van der Waals surface area contributed by atoms with E-state index in [0.29, 0.717) is 27.9 Å². The second-order valence-electron chi connectivity index (χ2n) is 5.71. The average molecular weight is 408 g/mol. The highest BCUT2D eigenvalue weighted by molar-refractivity contribution is 6.32. The second-order valence-corrected chi connectivity index (χ2v) is 6.11. The molecule has 2 rings (SSSR count). The van der Waals surface area contributed by atoms with Crippen LogP contribution in [0.25, 0.3) is 0 Å². The van der Waals surface area contributed by atoms with Crippen LogP contribution in [0, 0.1) is 5.82 Å². The van der Waals surface area contributed by atoms with Crippen LogP contribution in [0.3, 0.4) is 0 Å². The maximum atomic E-state index is 12.9. The standard InChI is InChI=1S/C19H19ClFN3O4/c1-11(23-24-19(26)12-4-6-13(21)7-5-12)8-18(25)22-15-10-16(27-2)14(20)9-17(15)28-3/h4-7,9-10H,8H2,1-3H3,(H,22,25)(H,24,26)/b23-11+. The van der Waals surface area contributed by atoms with Crippen LogP contribution in [-0.4, -0.2) is 31.7 Å². The number of amides is 2. The minimum absolute atomic E-state index is 0.0716. The third-order valence-electron chi connectivity index (χ3n) is 3.62. The molecule has 0 fully saturated rings. The molecule has 28 heavy (non-hydrogen) atoms. The van der Waals surface area contributed by atoms with E-state index in [9.17, 15) is 14.0 Å². The number of carbonyl (C=O) groups excluding carboxylic acids is 2. The van der Waals surface area contributed by atoms with Gasteiger partial charge in [0, 0.05) is 23.4 Å². The largest absolute Gasteiger partial charge is 0.495 e. The average Bonchev–Trinajstić information content (AvgIpc) is 2.67. The van der Waals surface area contributed by atoms with Crippen molar-refractivity contribution in [3.05, 3.63) is 52.8 Å². The Labute approximate surface area is 166 Å². The number of methoxy groups -OCH3 is 2. The summed E-state index contributed by atoms with van der Waals surface area (Å²) >= 11 is 6.03. The monoisotopic (exact) mass is 407 g/mol. The molecule has 0 aliphatic heterocycles. The van der Waals surface area contributed by atoms with Gasteiger partial charge in [0.1, 0.15) is 17.3 Å². The van der Waals surface area contributed by atoms with E-state index in [1.807, 2.05) is 0 Å². The Morgan fingerprint density at radius 1 is 1.11 bits per heavy atom. The predicted molar refractivity (Wildman–Crippen MR) is 105 cm³/mol. The van der Waals surface area contributed by atoms with Crippen LogP contribution < -0.4 is 20.2 Å². The summed E-state index contributed by atoms with van der Waals surface area (Å²) in [5, 5.41) is 6.91. The number of carbonyl (C=O) groups is 2. The zero-order valence-corrected chi connectivity index (χ0v) is 16.3. The number of rotatable bonds is 7. The smallest absolute Gasteiger partial charge is 0.271 e. The van der Waals surface area contributed by atoms with E-state index in [1.54, 1.807) is 13.0 Å². The lowest BCUT2D eigenvalue weighted by molar-refractivity contribution is -0.115. The first-order valence-corrected chi connectivity index (χ1v) is 8.52. The van der Waals surface area contributed by atoms with Crippen molar-refractivity contribution < 1.29 is 23.5 Å². The minimum atomic E-state index is -0.510. The Kier molecular flexibility index (Phi) is 7.34. The molecule has 2 N–H and O–H groups in total. The maximum Gasteiger partial charge on any atom is 0.271 e. The van der Waals surface area contributed by atoms with Crippen molar-refractivity contribution in [1.29, 1.82) is 0 Å². The Morgan fingerprint density at radius 2 is 1.75 bits per heavy atom. The molecule has 0 aromatic heterocycles. The molecule has 0 aliphatic rings. The highest BCUT2D eigenvalue weighted by Crippen LogP contribution is 2.35. The minimum Gasteiger partial charge on any atom is -0.495 e. The van der Waals surface area contributed by atoms with Gasteiger partial charge in [-0.3, -0.25) is 9.59 Å². The van der Waals surface area contributed by atoms with E-state index in [2.05, 4.69) is 15.8 Å². The molecule has 0 saturated heterocycles. The molecular weight excluding hydrogens is 389 g/mol. The summed E-state index contributed by atoms with van der Waals surface area (Å²) in [6, 6.07) is 8.09. The van der Waals surface area contributed by atoms with E-state index < -0.39 is 11.7 Å². The van der Waals surface area contributed by atoms with Crippen LogP contribution >= 0.6 is 11.6 Å². The second kappa shape index (κ2) is 9.70. The highest BCUT2D eigenvalue weighted by Gasteiger charge is 2.13. The zero-order chi connectivity index (χ0) is 20.7. The first-order valence-electron chi connectivity index (χ1n) is 8.14. The van der Waals surface area contributed by atoms with E-state index in [1.165, 1.54) is 44.6 Å². The van der Waals surface area contributed by atoms with Crippen molar-refractivity contribution in [3.8, 4) is 11.5 Å². The molecule has 2 aromatic carbocycles. The number of nitrogens with zero attached hydrogens (tertiary/aromatic N) is 1. The first-order chi connectivity index (χ1) is 13.3. The van der Waals surface area contributed by atoms with Gasteiger partial charge in [0.15, 0.2) is 0 Å². The van der Waals surface area contributed by atoms with Crippen LogP contribution in [0.15, 0.2) is 41.5 Å². The van der Waals surface area contributed by atoms with Gasteiger partial charge in [-0.15, -0.1) is 0 Å². The van der Waals surface area contributed by atoms with Gasteiger partial charge in [-0.25, -0.2) is 9.82 Å². The molecule has 0 atom stereocenters. The Balaban J connectivity index is 1.99. The van der Waals surface area contributed by atoms with Crippen molar-refractivity contribution in [2.24, 2.45) is 5.10 Å². The third kappa shape index (κ3) is 5.68. The van der Waals surface area contributed by atoms with Crippen molar-refractivity contribution in [3.63, 3.8) is 0 Å². The van der Waals surface area contributed by atoms with Crippen LogP contribution in [0.1, 0.15) is 23.7 Å². The lowest BCUT2D eigenvalue weighted by Crippen LogP contribution is -2.21. The highest BCUT2D eigenvalue weighted by atomic mass is 35.5. The van der Waals surface area contributed by atoms with Crippen LogP contribution in [0.5, 0.6) is 11.5 Å². The van der Waals surface area contributed by atoms with Gasteiger partial charge in [0.2, 0.25) is 5.91 Å². The number of hydrogen-bond donors (Lipinski definition) is 2. The van der Waals surface area contributed by atoms with Crippen LogP contribution in [0.4, 0.5) is 10.1 Å². The van der Waals surface area contributed by atoms with Crippen LogP contribution in [0.2, 0.25) is 5.02 Å². The lowest BCUT2D eigenvalue weighted by Gasteiger charge is -2.13. The summed E-state index contributed by atoms with van der Waals surface area (Å²) in [6.45, 7) is 1.59. The summed E-state index contributed by atoms with van der Waals surface area (Å²) in [4.78, 5) is 24.2.